The Morgan fingerprint density at radius 1 is 0.778 bits per heavy atom. The summed E-state index contributed by atoms with van der Waals surface area (Å²) in [6, 6.07) is 19.1. The van der Waals surface area contributed by atoms with Crippen LogP contribution in [0.25, 0.3) is 22.3 Å². The Kier molecular flexibility index (Phi) is 11.5. The summed E-state index contributed by atoms with van der Waals surface area (Å²) in [5.41, 5.74) is 11.4. The van der Waals surface area contributed by atoms with Crippen molar-refractivity contribution in [1.29, 1.82) is 0 Å². The van der Waals surface area contributed by atoms with Gasteiger partial charge in [0.25, 0.3) is 0 Å². The number of nitrogens with zero attached hydrogens (tertiary/aromatic N) is 1. The molecule has 2 aliphatic carbocycles. The van der Waals surface area contributed by atoms with E-state index in [2.05, 4.69) is 117 Å². The van der Waals surface area contributed by atoms with Crippen LogP contribution in [0.4, 0.5) is 0 Å². The summed E-state index contributed by atoms with van der Waals surface area (Å²) < 4.78 is 0. The summed E-state index contributed by atoms with van der Waals surface area (Å²) in [5.74, 6) is 0.596. The number of nitrogens with one attached hydrogen (secondary N) is 2. The van der Waals surface area contributed by atoms with E-state index < -0.39 is 0 Å². The maximum absolute atomic E-state index is 4.47. The average molecular weight is 604 g/mol. The summed E-state index contributed by atoms with van der Waals surface area (Å²) in [4.78, 5) is 4.47. The van der Waals surface area contributed by atoms with Gasteiger partial charge in [-0.15, -0.1) is 0 Å². The van der Waals surface area contributed by atoms with E-state index in [0.717, 1.165) is 19.5 Å². The fourth-order valence-corrected chi connectivity index (χ4v) is 7.85. The highest BCUT2D eigenvalue weighted by atomic mass is 14.8. The van der Waals surface area contributed by atoms with Crippen molar-refractivity contribution < 1.29 is 0 Å². The molecule has 240 valence electrons. The quantitative estimate of drug-likeness (QED) is 0.151. The third kappa shape index (κ3) is 7.53. The molecule has 1 atom stereocenters. The van der Waals surface area contributed by atoms with E-state index >= 15 is 0 Å². The van der Waals surface area contributed by atoms with E-state index in [-0.39, 0.29) is 10.8 Å². The van der Waals surface area contributed by atoms with Crippen molar-refractivity contribution in [3.8, 4) is 22.3 Å². The van der Waals surface area contributed by atoms with Crippen LogP contribution in [-0.4, -0.2) is 32.2 Å². The first-order valence-electron chi connectivity index (χ1n) is 17.8. The molecule has 1 heterocycles. The number of hydrogen-bond donors (Lipinski definition) is 2. The molecule has 0 radical (unpaired) electrons. The fourth-order valence-electron chi connectivity index (χ4n) is 7.85. The van der Waals surface area contributed by atoms with Crippen molar-refractivity contribution in [2.45, 2.75) is 102 Å². The SMILES string of the molecule is CNCCCCCCC1(CCCCCCNC)c2cc(-c3cccnc3)ccc2-c2ccc(C(C)(C)C3=CC(C)CC=C3)cc21. The Morgan fingerprint density at radius 3 is 2.04 bits per heavy atom. The molecule has 45 heavy (non-hydrogen) atoms. The maximum atomic E-state index is 4.47. The second-order valence-electron chi connectivity index (χ2n) is 14.2. The Bertz CT molecular complexity index is 1430. The van der Waals surface area contributed by atoms with Crippen LogP contribution >= 0.6 is 0 Å². The lowest BCUT2D eigenvalue weighted by Gasteiger charge is -2.35. The summed E-state index contributed by atoms with van der Waals surface area (Å²) in [6.45, 7) is 9.42. The number of pyridine rings is 1. The van der Waals surface area contributed by atoms with Crippen molar-refractivity contribution in [2.24, 2.45) is 5.92 Å². The largest absolute Gasteiger partial charge is 0.320 e. The normalized spacial score (nSPS) is 16.8. The second kappa shape index (κ2) is 15.5. The van der Waals surface area contributed by atoms with E-state index in [1.807, 2.05) is 12.4 Å². The molecule has 2 aliphatic rings. The van der Waals surface area contributed by atoms with Crippen LogP contribution in [-0.2, 0) is 10.8 Å². The van der Waals surface area contributed by atoms with Crippen molar-refractivity contribution >= 4 is 0 Å². The molecule has 3 aromatic rings. The van der Waals surface area contributed by atoms with E-state index in [1.165, 1.54) is 97.6 Å². The third-order valence-corrected chi connectivity index (χ3v) is 10.6. The first-order chi connectivity index (χ1) is 21.9. The fraction of sp³-hybridized carbons (Fsp3) is 0.500. The Morgan fingerprint density at radius 2 is 1.42 bits per heavy atom. The molecule has 0 aliphatic heterocycles. The molecule has 1 unspecified atom stereocenters. The van der Waals surface area contributed by atoms with Crippen LogP contribution in [0.2, 0.25) is 0 Å². The zero-order valence-electron chi connectivity index (χ0n) is 28.7. The highest BCUT2D eigenvalue weighted by molar-refractivity contribution is 5.84. The zero-order chi connectivity index (χ0) is 31.7. The predicted molar refractivity (Wildman–Crippen MR) is 194 cm³/mol. The van der Waals surface area contributed by atoms with Crippen LogP contribution in [0, 0.1) is 5.92 Å². The molecule has 2 N–H and O–H groups in total. The number of unbranched alkanes of at least 4 members (excludes halogenated alkanes) is 6. The summed E-state index contributed by atoms with van der Waals surface area (Å²) in [5, 5.41) is 6.67. The molecule has 5 rings (SSSR count). The first kappa shape index (κ1) is 33.4. The van der Waals surface area contributed by atoms with Gasteiger partial charge in [0.1, 0.15) is 0 Å². The topological polar surface area (TPSA) is 37.0 Å². The van der Waals surface area contributed by atoms with Crippen molar-refractivity contribution in [3.63, 3.8) is 0 Å². The van der Waals surface area contributed by atoms with Crippen LogP contribution < -0.4 is 10.6 Å². The van der Waals surface area contributed by atoms with Gasteiger partial charge >= 0.3 is 0 Å². The summed E-state index contributed by atoms with van der Waals surface area (Å²) >= 11 is 0. The number of aromatic nitrogens is 1. The standard InChI is InChI=1S/C42H57N3/c1-32-16-14-18-35(28-32)41(2,3)36-20-22-38-37-21-19-33(34-17-15-27-45-31-34)29-39(37)42(40(38)30-36,23-10-6-8-12-25-43-4)24-11-7-9-13-26-44-5/h14-15,17-22,27-32,43-44H,6-13,16,23-26H2,1-5H3. The van der Waals surface area contributed by atoms with Crippen LogP contribution in [0.5, 0.6) is 0 Å². The van der Waals surface area contributed by atoms with E-state index in [0.29, 0.717) is 5.92 Å². The molecule has 2 aromatic carbocycles. The van der Waals surface area contributed by atoms with Gasteiger partial charge in [0.05, 0.1) is 0 Å². The second-order valence-corrected chi connectivity index (χ2v) is 14.2. The molecule has 0 spiro atoms. The van der Waals surface area contributed by atoms with Gasteiger partial charge in [-0.05, 0) is 122 Å². The van der Waals surface area contributed by atoms with Crippen LogP contribution in [0.15, 0.2) is 84.7 Å². The van der Waals surface area contributed by atoms with Crippen LogP contribution in [0.3, 0.4) is 0 Å². The summed E-state index contributed by atoms with van der Waals surface area (Å²) in [6.07, 6.45) is 24.9. The van der Waals surface area contributed by atoms with Gasteiger partial charge in [-0.1, -0.05) is 114 Å². The molecule has 0 bridgehead atoms. The molecule has 3 heteroatoms. The Balaban J connectivity index is 1.58. The van der Waals surface area contributed by atoms with E-state index in [4.69, 9.17) is 0 Å². The van der Waals surface area contributed by atoms with Crippen molar-refractivity contribution in [3.05, 3.63) is 101 Å². The molecular formula is C42H57N3. The van der Waals surface area contributed by atoms with Crippen molar-refractivity contribution in [1.82, 2.24) is 15.6 Å². The third-order valence-electron chi connectivity index (χ3n) is 10.6. The number of hydrogen-bond acceptors (Lipinski definition) is 3. The van der Waals surface area contributed by atoms with Gasteiger partial charge in [0.2, 0.25) is 0 Å². The molecule has 1 aromatic heterocycles. The van der Waals surface area contributed by atoms with Gasteiger partial charge in [0, 0.05) is 23.2 Å². The monoisotopic (exact) mass is 603 g/mol. The van der Waals surface area contributed by atoms with E-state index in [9.17, 15) is 0 Å². The predicted octanol–water partition coefficient (Wildman–Crippen LogP) is 10.2. The first-order valence-corrected chi connectivity index (χ1v) is 17.8. The molecule has 0 fully saturated rings. The lowest BCUT2D eigenvalue weighted by atomic mass is 9.68. The minimum Gasteiger partial charge on any atom is -0.320 e. The smallest absolute Gasteiger partial charge is 0.0346 e. The highest BCUT2D eigenvalue weighted by Crippen LogP contribution is 2.56. The summed E-state index contributed by atoms with van der Waals surface area (Å²) in [7, 11) is 4.13. The number of allylic oxidation sites excluding steroid dienone is 4. The molecular weight excluding hydrogens is 546 g/mol. The van der Waals surface area contributed by atoms with Gasteiger partial charge in [0.15, 0.2) is 0 Å². The number of benzene rings is 2. The molecule has 3 nitrogen and oxygen atoms in total. The lowest BCUT2D eigenvalue weighted by Crippen LogP contribution is -2.27. The number of fused-ring (bicyclic) bond motifs is 3. The minimum absolute atomic E-state index is 0.0328. The Hall–Kier alpha value is -3.01. The maximum Gasteiger partial charge on any atom is 0.0346 e. The van der Waals surface area contributed by atoms with Crippen molar-refractivity contribution in [2.75, 3.05) is 27.2 Å². The lowest BCUT2D eigenvalue weighted by molar-refractivity contribution is 0.398. The Labute approximate surface area is 274 Å². The average Bonchev–Trinajstić information content (AvgIpc) is 3.33. The van der Waals surface area contributed by atoms with Gasteiger partial charge in [-0.25, -0.2) is 0 Å². The van der Waals surface area contributed by atoms with E-state index in [1.54, 1.807) is 11.1 Å². The van der Waals surface area contributed by atoms with Gasteiger partial charge < -0.3 is 10.6 Å². The molecule has 0 amide bonds. The molecule has 0 saturated carbocycles. The van der Waals surface area contributed by atoms with Crippen LogP contribution in [0.1, 0.15) is 108 Å². The number of rotatable bonds is 17. The van der Waals surface area contributed by atoms with Gasteiger partial charge in [-0.2, -0.15) is 0 Å². The highest BCUT2D eigenvalue weighted by Gasteiger charge is 2.43. The van der Waals surface area contributed by atoms with Gasteiger partial charge in [-0.3, -0.25) is 4.98 Å². The molecule has 0 saturated heterocycles. The minimum atomic E-state index is -0.0398. The zero-order valence-corrected chi connectivity index (χ0v) is 28.7.